The highest BCUT2D eigenvalue weighted by Gasteiger charge is 2.39. The van der Waals surface area contributed by atoms with E-state index in [9.17, 15) is 4.79 Å². The molecule has 2 aliphatic rings. The van der Waals surface area contributed by atoms with Gasteiger partial charge in [0, 0.05) is 30.1 Å². The highest BCUT2D eigenvalue weighted by molar-refractivity contribution is 6.05. The average Bonchev–Trinajstić information content (AvgIpc) is 3.18. The third-order valence-corrected chi connectivity index (χ3v) is 6.76. The van der Waals surface area contributed by atoms with Gasteiger partial charge in [0.2, 0.25) is 0 Å². The number of benzene rings is 2. The quantitative estimate of drug-likeness (QED) is 0.580. The minimum absolute atomic E-state index is 0.0809. The zero-order valence-corrected chi connectivity index (χ0v) is 19.4. The highest BCUT2D eigenvalue weighted by Crippen LogP contribution is 2.30. The number of hydrogen-bond donors (Lipinski definition) is 1. The fourth-order valence-corrected chi connectivity index (χ4v) is 5.12. The molecule has 3 heterocycles. The van der Waals surface area contributed by atoms with Crippen LogP contribution in [0.25, 0.3) is 10.9 Å². The number of fused-ring (bicyclic) bond motifs is 3. The van der Waals surface area contributed by atoms with Crippen molar-refractivity contribution in [3.8, 4) is 0 Å². The Balaban J connectivity index is 1.31. The summed E-state index contributed by atoms with van der Waals surface area (Å²) in [5.41, 5.74) is 4.06. The van der Waals surface area contributed by atoms with Gasteiger partial charge in [-0.25, -0.2) is 0 Å². The molecule has 1 unspecified atom stereocenters. The van der Waals surface area contributed by atoms with Gasteiger partial charge in [-0.05, 0) is 38.3 Å². The predicted octanol–water partition coefficient (Wildman–Crippen LogP) is 4.16. The first-order valence-corrected chi connectivity index (χ1v) is 11.9. The van der Waals surface area contributed by atoms with E-state index < -0.39 is 0 Å². The normalized spacial score (nSPS) is 22.8. The maximum absolute atomic E-state index is 13.3. The second-order valence-electron chi connectivity index (χ2n) is 9.47. The molecular weight excluding hydrogens is 412 g/mol. The first-order chi connectivity index (χ1) is 16.1. The number of allylic oxidation sites excluding steroid dienone is 2. The maximum atomic E-state index is 13.3. The van der Waals surface area contributed by atoms with Crippen molar-refractivity contribution in [2.75, 3.05) is 13.2 Å². The molecule has 0 radical (unpaired) electrons. The molecule has 3 atom stereocenters. The van der Waals surface area contributed by atoms with Crippen LogP contribution in [-0.4, -0.2) is 51.9 Å². The van der Waals surface area contributed by atoms with Crippen LogP contribution in [0, 0.1) is 0 Å². The van der Waals surface area contributed by atoms with Gasteiger partial charge in [-0.15, -0.1) is 0 Å². The molecule has 2 fully saturated rings. The lowest BCUT2D eigenvalue weighted by Crippen LogP contribution is -2.60. The number of hydrogen-bond acceptors (Lipinski definition) is 4. The molecule has 5 rings (SSSR count). The van der Waals surface area contributed by atoms with Crippen molar-refractivity contribution in [3.05, 3.63) is 77.5 Å². The lowest BCUT2D eigenvalue weighted by molar-refractivity contribution is -0.0843. The summed E-state index contributed by atoms with van der Waals surface area (Å²) < 4.78 is 7.79. The number of amides is 1. The molecule has 2 bridgehead atoms. The molecule has 3 aromatic rings. The molecule has 172 valence electrons. The maximum Gasteiger partial charge on any atom is 0.272 e. The zero-order chi connectivity index (χ0) is 22.8. The van der Waals surface area contributed by atoms with Crippen molar-refractivity contribution in [2.45, 2.75) is 57.9 Å². The van der Waals surface area contributed by atoms with Crippen molar-refractivity contribution >= 4 is 16.8 Å². The Morgan fingerprint density at radius 1 is 1.06 bits per heavy atom. The number of nitrogens with zero attached hydrogens (tertiary/aromatic N) is 3. The van der Waals surface area contributed by atoms with Gasteiger partial charge >= 0.3 is 0 Å². The van der Waals surface area contributed by atoms with Crippen LogP contribution in [-0.2, 0) is 17.8 Å². The van der Waals surface area contributed by atoms with E-state index >= 15 is 0 Å². The molecule has 2 aromatic carbocycles. The van der Waals surface area contributed by atoms with Gasteiger partial charge in [-0.2, -0.15) is 5.10 Å². The number of nitrogens with one attached hydrogen (secondary N) is 1. The number of rotatable bonds is 6. The number of aromatic nitrogens is 2. The number of carbonyl (C=O) groups is 1. The molecule has 6 nitrogen and oxygen atoms in total. The summed E-state index contributed by atoms with van der Waals surface area (Å²) in [6.45, 7) is 7.18. The number of ether oxygens (including phenoxy) is 1. The third kappa shape index (κ3) is 4.72. The van der Waals surface area contributed by atoms with E-state index in [0.717, 1.165) is 43.5 Å². The van der Waals surface area contributed by atoms with Gasteiger partial charge in [0.15, 0.2) is 5.69 Å². The molecule has 0 saturated carbocycles. The molecule has 6 heteroatoms. The van der Waals surface area contributed by atoms with Crippen LogP contribution in [0.1, 0.15) is 42.7 Å². The molecule has 1 aromatic heterocycles. The van der Waals surface area contributed by atoms with Gasteiger partial charge in [0.05, 0.1) is 25.3 Å². The average molecular weight is 445 g/mol. The minimum Gasteiger partial charge on any atom is -0.378 e. The summed E-state index contributed by atoms with van der Waals surface area (Å²) in [7, 11) is 0. The second kappa shape index (κ2) is 9.49. The lowest BCUT2D eigenvalue weighted by Gasteiger charge is -2.48. The van der Waals surface area contributed by atoms with Gasteiger partial charge in [0.1, 0.15) is 0 Å². The van der Waals surface area contributed by atoms with Gasteiger partial charge in [0.25, 0.3) is 5.91 Å². The summed E-state index contributed by atoms with van der Waals surface area (Å²) in [4.78, 5) is 15.9. The Hall–Kier alpha value is -2.96. The molecule has 2 saturated heterocycles. The fraction of sp³-hybridized carbons (Fsp3) is 0.407. The molecule has 1 amide bonds. The summed E-state index contributed by atoms with van der Waals surface area (Å²) in [5, 5.41) is 8.91. The second-order valence-corrected chi connectivity index (χ2v) is 9.47. The van der Waals surface area contributed by atoms with E-state index in [1.54, 1.807) is 0 Å². The summed E-state index contributed by atoms with van der Waals surface area (Å²) in [5.74, 6) is -0.0809. The van der Waals surface area contributed by atoms with Crippen LogP contribution in [0.3, 0.4) is 0 Å². The van der Waals surface area contributed by atoms with E-state index in [4.69, 9.17) is 9.84 Å². The Kier molecular flexibility index (Phi) is 6.29. The van der Waals surface area contributed by atoms with Crippen LogP contribution in [0.4, 0.5) is 0 Å². The molecule has 2 aliphatic heterocycles. The fourth-order valence-electron chi connectivity index (χ4n) is 5.12. The van der Waals surface area contributed by atoms with Crippen molar-refractivity contribution < 1.29 is 9.53 Å². The Labute approximate surface area is 195 Å². The largest absolute Gasteiger partial charge is 0.378 e. The Morgan fingerprint density at radius 3 is 2.48 bits per heavy atom. The standard InChI is InChI=1S/C27H32N4O2/c1-19(2)12-13-31-25-11-7-6-10-24(25)26(29-31)27(32)28-21-14-22-17-33-18-23(15-21)30(22)16-20-8-4-3-5-9-20/h3-12,21-23H,13-18H2,1-2H3,(H,28,32)/t21?,22-,23+. The predicted molar refractivity (Wildman–Crippen MR) is 130 cm³/mol. The monoisotopic (exact) mass is 444 g/mol. The number of para-hydroxylation sites is 1. The van der Waals surface area contributed by atoms with Crippen molar-refractivity contribution in [1.82, 2.24) is 20.0 Å². The molecular formula is C27H32N4O2. The number of carbonyl (C=O) groups excluding carboxylic acids is 1. The summed E-state index contributed by atoms with van der Waals surface area (Å²) >= 11 is 0. The van der Waals surface area contributed by atoms with Crippen molar-refractivity contribution in [2.24, 2.45) is 0 Å². The minimum atomic E-state index is -0.0809. The van der Waals surface area contributed by atoms with Crippen molar-refractivity contribution in [3.63, 3.8) is 0 Å². The van der Waals surface area contributed by atoms with Crippen LogP contribution < -0.4 is 5.32 Å². The van der Waals surface area contributed by atoms with E-state index in [-0.39, 0.29) is 11.9 Å². The molecule has 0 aliphatic carbocycles. The van der Waals surface area contributed by atoms with Gasteiger partial charge < -0.3 is 10.1 Å². The number of piperidine rings is 1. The molecule has 0 spiro atoms. The smallest absolute Gasteiger partial charge is 0.272 e. The SMILES string of the molecule is CC(C)=CCn1nc(C(=O)NC2C[C@H]3COC[C@@H](C2)N3Cc2ccccc2)c2ccccc21. The van der Waals surface area contributed by atoms with E-state index in [2.05, 4.69) is 60.5 Å². The number of morpholine rings is 1. The molecule has 1 N–H and O–H groups in total. The van der Waals surface area contributed by atoms with Crippen LogP contribution in [0.2, 0.25) is 0 Å². The Bertz CT molecular complexity index is 1140. The molecule has 33 heavy (non-hydrogen) atoms. The van der Waals surface area contributed by atoms with E-state index in [1.165, 1.54) is 11.1 Å². The van der Waals surface area contributed by atoms with E-state index in [0.29, 0.717) is 24.3 Å². The highest BCUT2D eigenvalue weighted by atomic mass is 16.5. The first kappa shape index (κ1) is 21.9. The summed E-state index contributed by atoms with van der Waals surface area (Å²) in [6.07, 6.45) is 3.92. The van der Waals surface area contributed by atoms with Gasteiger partial charge in [-0.3, -0.25) is 14.4 Å². The van der Waals surface area contributed by atoms with Crippen LogP contribution in [0.5, 0.6) is 0 Å². The van der Waals surface area contributed by atoms with Crippen LogP contribution in [0.15, 0.2) is 66.2 Å². The summed E-state index contributed by atoms with van der Waals surface area (Å²) in [6, 6.07) is 19.3. The first-order valence-electron chi connectivity index (χ1n) is 11.9. The zero-order valence-electron chi connectivity index (χ0n) is 19.4. The Morgan fingerprint density at radius 2 is 1.76 bits per heavy atom. The third-order valence-electron chi connectivity index (χ3n) is 6.76. The topological polar surface area (TPSA) is 59.4 Å². The van der Waals surface area contributed by atoms with E-state index in [1.807, 2.05) is 28.9 Å². The van der Waals surface area contributed by atoms with Crippen LogP contribution >= 0.6 is 0 Å². The van der Waals surface area contributed by atoms with Crippen molar-refractivity contribution in [1.29, 1.82) is 0 Å². The lowest BCUT2D eigenvalue weighted by atomic mass is 9.89. The van der Waals surface area contributed by atoms with Gasteiger partial charge in [-0.1, -0.05) is 60.2 Å².